The third-order valence-electron chi connectivity index (χ3n) is 15.2. The fourth-order valence-electron chi connectivity index (χ4n) is 10.9. The van der Waals surface area contributed by atoms with Crippen LogP contribution in [0.3, 0.4) is 0 Å². The van der Waals surface area contributed by atoms with Crippen molar-refractivity contribution in [2.45, 2.75) is 127 Å². The van der Waals surface area contributed by atoms with Crippen LogP contribution in [0, 0.1) is 11.6 Å². The van der Waals surface area contributed by atoms with Crippen LogP contribution in [0.2, 0.25) is 0 Å². The first kappa shape index (κ1) is 60.7. The number of halogens is 4. The van der Waals surface area contributed by atoms with Crippen molar-refractivity contribution < 1.29 is 61.4 Å². The normalized spacial score (nSPS) is 20.0. The maximum absolute atomic E-state index is 14.3. The van der Waals surface area contributed by atoms with Crippen molar-refractivity contribution in [3.63, 3.8) is 0 Å². The number of rotatable bonds is 17. The standard InChI is InChI=1S/C32H35BrFNO5.C25H28BrFO5.C7H9NO/c1-32(19-31(36)35-22-8-5-10-23(16-22)37-2)13-6-7-21-15-29(39-20-25-9-3-4-14-38-25)30(18-26(21)32)40-24-11-12-27(33)28(34)17-24;1-25(14-24(28)29)9-4-5-16-11-22(31-15-18-6-2-3-10-30-18)23(13-19(16)25)32-17-7-8-20(26)21(27)12-17;1-9-7-4-2-3-6(8)5-7/h5,8,10-12,15-18,25H,3-4,6-7,9,13-14,19-20H2,1-2H3,(H,35,36);7-8,11-13,18H,2-6,9-10,14-15H2,1H3,(H,28,29);2-5H,8H2,1H3/t25?,32-;18?,25-;/m11./s1. The van der Waals surface area contributed by atoms with Crippen LogP contribution in [-0.2, 0) is 42.7 Å². The number of aryl methyl sites for hydroxylation is 2. The Balaban J connectivity index is 0.000000187. The van der Waals surface area contributed by atoms with Crippen molar-refractivity contribution in [3.8, 4) is 46.0 Å². The molecule has 0 saturated carbocycles. The van der Waals surface area contributed by atoms with E-state index in [4.69, 9.17) is 43.6 Å². The van der Waals surface area contributed by atoms with E-state index in [1.54, 1.807) is 50.6 Å². The lowest BCUT2D eigenvalue weighted by molar-refractivity contribution is -0.138. The third kappa shape index (κ3) is 16.9. The number of carboxylic acid groups (broad SMARTS) is 1. The molecular weight excluding hydrogens is 1170 g/mol. The van der Waals surface area contributed by atoms with Gasteiger partial charge in [-0.1, -0.05) is 26.0 Å². The van der Waals surface area contributed by atoms with Crippen molar-refractivity contribution in [1.82, 2.24) is 0 Å². The first-order chi connectivity index (χ1) is 39.0. The van der Waals surface area contributed by atoms with Crippen molar-refractivity contribution in [2.24, 2.45) is 0 Å². The molecular formula is C64H72Br2F2N2O11. The Kier molecular flexibility index (Phi) is 21.4. The van der Waals surface area contributed by atoms with Gasteiger partial charge in [0, 0.05) is 66.1 Å². The molecule has 6 aromatic carbocycles. The molecule has 13 nitrogen and oxygen atoms in total. The van der Waals surface area contributed by atoms with Gasteiger partial charge in [-0.2, -0.15) is 0 Å². The van der Waals surface area contributed by atoms with Gasteiger partial charge in [0.1, 0.15) is 47.8 Å². The molecule has 4 aliphatic rings. The zero-order chi connectivity index (χ0) is 57.5. The summed E-state index contributed by atoms with van der Waals surface area (Å²) in [5.74, 6) is 2.59. The van der Waals surface area contributed by atoms with Gasteiger partial charge in [0.25, 0.3) is 0 Å². The summed E-state index contributed by atoms with van der Waals surface area (Å²) in [5, 5.41) is 12.5. The number of benzene rings is 6. The van der Waals surface area contributed by atoms with Crippen LogP contribution < -0.4 is 39.5 Å². The number of nitrogens with one attached hydrogen (secondary N) is 1. The van der Waals surface area contributed by atoms with Crippen LogP contribution in [-0.4, -0.2) is 69.8 Å². The van der Waals surface area contributed by atoms with Gasteiger partial charge >= 0.3 is 5.97 Å². The number of hydrogen-bond acceptors (Lipinski definition) is 11. The molecule has 0 bridgehead atoms. The summed E-state index contributed by atoms with van der Waals surface area (Å²) in [5.41, 5.74) is 10.2. The predicted molar refractivity (Wildman–Crippen MR) is 316 cm³/mol. The number of fused-ring (bicyclic) bond motifs is 2. The van der Waals surface area contributed by atoms with Crippen molar-refractivity contribution >= 4 is 55.1 Å². The summed E-state index contributed by atoms with van der Waals surface area (Å²) in [7, 11) is 3.22. The molecule has 17 heteroatoms. The van der Waals surface area contributed by atoms with E-state index in [1.165, 1.54) is 12.1 Å². The zero-order valence-corrected chi connectivity index (χ0v) is 49.6. The molecule has 0 radical (unpaired) electrons. The largest absolute Gasteiger partial charge is 0.497 e. The van der Waals surface area contributed by atoms with Crippen molar-refractivity contribution in [2.75, 3.05) is 51.7 Å². The molecule has 10 rings (SSSR count). The van der Waals surface area contributed by atoms with Gasteiger partial charge in [-0.3, -0.25) is 9.59 Å². The van der Waals surface area contributed by atoms with Gasteiger partial charge < -0.3 is 54.1 Å². The molecule has 2 fully saturated rings. The van der Waals surface area contributed by atoms with Crippen molar-refractivity contribution in [3.05, 3.63) is 152 Å². The average Bonchev–Trinajstić information content (AvgIpc) is 3.54. The summed E-state index contributed by atoms with van der Waals surface area (Å²) < 4.78 is 75.7. The Bertz CT molecular complexity index is 3120. The molecule has 81 heavy (non-hydrogen) atoms. The summed E-state index contributed by atoms with van der Waals surface area (Å²) in [6.45, 7) is 6.43. The number of aliphatic carboxylic acids is 1. The monoisotopic (exact) mass is 1240 g/mol. The molecule has 2 aliphatic carbocycles. The molecule has 1 amide bonds. The molecule has 4 N–H and O–H groups in total. The second-order valence-electron chi connectivity index (χ2n) is 21.5. The Hall–Kier alpha value is -6.40. The van der Waals surface area contributed by atoms with E-state index in [0.717, 1.165) is 124 Å². The molecule has 2 unspecified atom stereocenters. The van der Waals surface area contributed by atoms with Crippen LogP contribution in [0.15, 0.2) is 118 Å². The lowest BCUT2D eigenvalue weighted by atomic mass is 9.69. The number of carbonyl (C=O) groups excluding carboxylic acids is 1. The van der Waals surface area contributed by atoms with E-state index in [-0.39, 0.29) is 24.5 Å². The number of nitrogen functional groups attached to an aromatic ring is 1. The molecule has 2 heterocycles. The van der Waals surface area contributed by atoms with E-state index in [1.807, 2.05) is 67.6 Å². The van der Waals surface area contributed by atoms with Crippen LogP contribution in [0.25, 0.3) is 0 Å². The van der Waals surface area contributed by atoms with Crippen LogP contribution in [0.1, 0.15) is 113 Å². The highest BCUT2D eigenvalue weighted by atomic mass is 79.9. The number of nitrogens with two attached hydrogens (primary N) is 1. The second kappa shape index (κ2) is 28.5. The van der Waals surface area contributed by atoms with E-state index in [0.29, 0.717) is 74.5 Å². The molecule has 432 valence electrons. The minimum absolute atomic E-state index is 0.0355. The third-order valence-corrected chi connectivity index (χ3v) is 16.4. The van der Waals surface area contributed by atoms with Crippen molar-refractivity contribution in [1.29, 1.82) is 0 Å². The predicted octanol–water partition coefficient (Wildman–Crippen LogP) is 15.6. The number of carboxylic acids is 1. The maximum atomic E-state index is 14.3. The Morgan fingerprint density at radius 2 is 1.11 bits per heavy atom. The highest BCUT2D eigenvalue weighted by molar-refractivity contribution is 9.10. The van der Waals surface area contributed by atoms with E-state index in [2.05, 4.69) is 44.1 Å². The highest BCUT2D eigenvalue weighted by Gasteiger charge is 2.37. The minimum atomic E-state index is -0.826. The summed E-state index contributed by atoms with van der Waals surface area (Å²) in [6, 6.07) is 31.8. The van der Waals surface area contributed by atoms with Gasteiger partial charge in [-0.05, 0) is 204 Å². The highest BCUT2D eigenvalue weighted by Crippen LogP contribution is 2.48. The summed E-state index contributed by atoms with van der Waals surface area (Å²) in [4.78, 5) is 24.8. The van der Waals surface area contributed by atoms with Crippen LogP contribution in [0.5, 0.6) is 46.0 Å². The maximum Gasteiger partial charge on any atom is 0.304 e. The molecule has 0 aromatic heterocycles. The van der Waals surface area contributed by atoms with Gasteiger partial charge in [-0.15, -0.1) is 0 Å². The molecule has 2 saturated heterocycles. The summed E-state index contributed by atoms with van der Waals surface area (Å²) in [6.07, 6.45) is 12.0. The van der Waals surface area contributed by atoms with Gasteiger partial charge in [0.15, 0.2) is 23.0 Å². The fourth-order valence-corrected chi connectivity index (χ4v) is 11.4. The lowest BCUT2D eigenvalue weighted by Crippen LogP contribution is -2.32. The Labute approximate surface area is 490 Å². The number of methoxy groups -OCH3 is 2. The van der Waals surface area contributed by atoms with Crippen LogP contribution >= 0.6 is 31.9 Å². The van der Waals surface area contributed by atoms with Gasteiger partial charge in [-0.25, -0.2) is 8.78 Å². The SMILES string of the molecule is COc1cccc(N)c1.COc1cccc(NC(=O)C[C@@]2(C)CCCc3cc(OCC4CCCCO4)c(Oc4ccc(Br)c(F)c4)cc32)c1.C[C@]1(CC(=O)O)CCCc2cc(OCC3CCCCO3)c(Oc3ccc(Br)c(F)c3)cc21. The number of anilines is 2. The minimum Gasteiger partial charge on any atom is -0.497 e. The fraction of sp³-hybridized carbons (Fsp3) is 0.406. The number of ether oxygens (including phenoxy) is 8. The quantitative estimate of drug-likeness (QED) is 0.0741. The van der Waals surface area contributed by atoms with E-state index in [9.17, 15) is 23.5 Å². The zero-order valence-electron chi connectivity index (χ0n) is 46.4. The van der Waals surface area contributed by atoms with E-state index >= 15 is 0 Å². The van der Waals surface area contributed by atoms with E-state index < -0.39 is 28.4 Å². The average molecular weight is 1240 g/mol. The number of hydrogen-bond donors (Lipinski definition) is 3. The Morgan fingerprint density at radius 1 is 0.617 bits per heavy atom. The van der Waals surface area contributed by atoms with Crippen LogP contribution in [0.4, 0.5) is 20.2 Å². The van der Waals surface area contributed by atoms with Gasteiger partial charge in [0.05, 0.1) is 41.8 Å². The topological polar surface area (TPSA) is 166 Å². The summed E-state index contributed by atoms with van der Waals surface area (Å²) >= 11 is 6.36. The first-order valence-electron chi connectivity index (χ1n) is 27.6. The Morgan fingerprint density at radius 3 is 1.56 bits per heavy atom. The van der Waals surface area contributed by atoms with Gasteiger partial charge in [0.2, 0.25) is 5.91 Å². The first-order valence-corrected chi connectivity index (χ1v) is 29.2. The molecule has 4 atom stereocenters. The molecule has 2 aliphatic heterocycles. The molecule has 0 spiro atoms. The lowest BCUT2D eigenvalue weighted by Gasteiger charge is -2.36. The number of amides is 1. The second-order valence-corrected chi connectivity index (χ2v) is 23.2. The molecule has 6 aromatic rings. The smallest absolute Gasteiger partial charge is 0.304 e. The number of carbonyl (C=O) groups is 2.